The van der Waals surface area contributed by atoms with Gasteiger partial charge >= 0.3 is 11.7 Å². The molecule has 2 aromatic rings. The van der Waals surface area contributed by atoms with Gasteiger partial charge in [-0.3, -0.25) is 10.1 Å². The first-order valence-corrected chi connectivity index (χ1v) is 3.95. The number of carboxylic acids is 1. The molecule has 2 rings (SSSR count). The number of aromatic nitrogens is 2. The number of nitrogens with one attached hydrogen (secondary N) is 1. The summed E-state index contributed by atoms with van der Waals surface area (Å²) in [5.41, 5.74) is 0.0462. The van der Waals surface area contributed by atoms with Crippen molar-refractivity contribution >= 4 is 22.7 Å². The van der Waals surface area contributed by atoms with Crippen LogP contribution in [0.4, 0.5) is 5.69 Å². The maximum absolute atomic E-state index is 10.6. The lowest BCUT2D eigenvalue weighted by Gasteiger charge is -1.93. The van der Waals surface area contributed by atoms with Crippen LogP contribution in [0.2, 0.25) is 0 Å². The Morgan fingerprint density at radius 2 is 2.27 bits per heavy atom. The molecule has 0 atom stereocenters. The molecule has 0 radical (unpaired) electrons. The molecular formula is C8H5N3O4. The van der Waals surface area contributed by atoms with Crippen molar-refractivity contribution in [1.82, 2.24) is 9.97 Å². The fraction of sp³-hybridized carbons (Fsp3) is 0. The third-order valence-corrected chi connectivity index (χ3v) is 1.92. The van der Waals surface area contributed by atoms with Gasteiger partial charge in [0.2, 0.25) is 0 Å². The Balaban J connectivity index is 2.72. The molecule has 0 unspecified atom stereocenters. The van der Waals surface area contributed by atoms with Crippen molar-refractivity contribution in [3.8, 4) is 0 Å². The van der Waals surface area contributed by atoms with E-state index >= 15 is 0 Å². The average Bonchev–Trinajstić information content (AvgIpc) is 2.59. The zero-order valence-corrected chi connectivity index (χ0v) is 7.30. The van der Waals surface area contributed by atoms with Crippen LogP contribution in [0.25, 0.3) is 11.0 Å². The van der Waals surface area contributed by atoms with Crippen LogP contribution in [-0.2, 0) is 0 Å². The van der Waals surface area contributed by atoms with E-state index in [1.165, 1.54) is 18.3 Å². The Hall–Kier alpha value is -2.44. The number of hydrogen-bond acceptors (Lipinski definition) is 4. The first-order valence-electron chi connectivity index (χ1n) is 3.95. The predicted molar refractivity (Wildman–Crippen MR) is 49.7 cm³/mol. The van der Waals surface area contributed by atoms with Crippen molar-refractivity contribution in [3.63, 3.8) is 0 Å². The smallest absolute Gasteiger partial charge is 0.354 e. The number of rotatable bonds is 2. The van der Waals surface area contributed by atoms with E-state index in [1.807, 2.05) is 0 Å². The van der Waals surface area contributed by atoms with E-state index in [4.69, 9.17) is 5.11 Å². The molecule has 0 fully saturated rings. The molecule has 2 heterocycles. The molecule has 7 heteroatoms. The highest BCUT2D eigenvalue weighted by molar-refractivity contribution is 5.91. The van der Waals surface area contributed by atoms with Gasteiger partial charge in [0.25, 0.3) is 0 Å². The molecule has 0 aliphatic rings. The zero-order valence-electron chi connectivity index (χ0n) is 7.30. The lowest BCUT2D eigenvalue weighted by atomic mass is 10.3. The monoisotopic (exact) mass is 207 g/mol. The Morgan fingerprint density at radius 3 is 2.87 bits per heavy atom. The number of nitrogens with zero attached hydrogens (tertiary/aromatic N) is 2. The van der Waals surface area contributed by atoms with Crippen molar-refractivity contribution in [1.29, 1.82) is 0 Å². The molecule has 0 aromatic carbocycles. The summed E-state index contributed by atoms with van der Waals surface area (Å²) in [5, 5.41) is 19.2. The van der Waals surface area contributed by atoms with Gasteiger partial charge in [-0.05, 0) is 12.1 Å². The molecule has 0 spiro atoms. The summed E-state index contributed by atoms with van der Waals surface area (Å²) >= 11 is 0. The van der Waals surface area contributed by atoms with Crippen LogP contribution in [0.3, 0.4) is 0 Å². The summed E-state index contributed by atoms with van der Waals surface area (Å²) in [6, 6.07) is 2.73. The van der Waals surface area contributed by atoms with E-state index in [1.54, 1.807) is 0 Å². The van der Waals surface area contributed by atoms with Gasteiger partial charge < -0.3 is 10.1 Å². The van der Waals surface area contributed by atoms with Gasteiger partial charge in [0.1, 0.15) is 5.69 Å². The number of aromatic carboxylic acids is 1. The largest absolute Gasteiger partial charge is 0.477 e. The van der Waals surface area contributed by atoms with Gasteiger partial charge in [-0.2, -0.15) is 0 Å². The minimum absolute atomic E-state index is 0.0555. The second kappa shape index (κ2) is 3.05. The van der Waals surface area contributed by atoms with Crippen LogP contribution in [0.15, 0.2) is 18.3 Å². The summed E-state index contributed by atoms with van der Waals surface area (Å²) in [4.78, 5) is 26.9. The number of carboxylic acid groups (broad SMARTS) is 1. The Bertz CT molecular complexity index is 560. The first-order chi connectivity index (χ1) is 7.09. The van der Waals surface area contributed by atoms with Crippen LogP contribution in [0.5, 0.6) is 0 Å². The number of H-pyrrole nitrogens is 1. The van der Waals surface area contributed by atoms with E-state index in [0.717, 1.165) is 0 Å². The standard InChI is InChI=1S/C8H5N3O4/c12-8(13)5-2-1-4-7(10-5)6(3-9-4)11(14)15/h1-3,9H,(H,12,13). The van der Waals surface area contributed by atoms with Crippen molar-refractivity contribution in [3.05, 3.63) is 34.1 Å². The fourth-order valence-corrected chi connectivity index (χ4v) is 1.24. The maximum Gasteiger partial charge on any atom is 0.354 e. The topological polar surface area (TPSA) is 109 Å². The molecule has 15 heavy (non-hydrogen) atoms. The van der Waals surface area contributed by atoms with Crippen LogP contribution >= 0.6 is 0 Å². The summed E-state index contributed by atoms with van der Waals surface area (Å²) < 4.78 is 0. The van der Waals surface area contributed by atoms with Crippen molar-refractivity contribution in [2.45, 2.75) is 0 Å². The first kappa shape index (κ1) is 9.13. The number of fused-ring (bicyclic) bond motifs is 1. The predicted octanol–water partition coefficient (Wildman–Crippen LogP) is 1.17. The quantitative estimate of drug-likeness (QED) is 0.567. The van der Waals surface area contributed by atoms with Crippen LogP contribution in [0, 0.1) is 10.1 Å². The van der Waals surface area contributed by atoms with E-state index < -0.39 is 10.9 Å². The van der Waals surface area contributed by atoms with E-state index in [0.29, 0.717) is 5.52 Å². The summed E-state index contributed by atoms with van der Waals surface area (Å²) in [6.07, 6.45) is 1.18. The lowest BCUT2D eigenvalue weighted by Crippen LogP contribution is -1.99. The van der Waals surface area contributed by atoms with Crippen molar-refractivity contribution in [2.24, 2.45) is 0 Å². The number of carbonyl (C=O) groups is 1. The number of aromatic amines is 1. The van der Waals surface area contributed by atoms with Crippen LogP contribution < -0.4 is 0 Å². The van der Waals surface area contributed by atoms with E-state index in [2.05, 4.69) is 9.97 Å². The van der Waals surface area contributed by atoms with Gasteiger partial charge in [0.05, 0.1) is 16.6 Å². The molecule has 0 amide bonds. The Labute approximate surface area is 82.5 Å². The molecule has 76 valence electrons. The SMILES string of the molecule is O=C(O)c1ccc2[nH]cc([N+](=O)[O-])c2n1. The number of hydrogen-bond donors (Lipinski definition) is 2. The Kier molecular flexibility index (Phi) is 1.86. The molecule has 0 aliphatic heterocycles. The minimum Gasteiger partial charge on any atom is -0.477 e. The third-order valence-electron chi connectivity index (χ3n) is 1.92. The summed E-state index contributed by atoms with van der Waals surface area (Å²) in [7, 11) is 0. The molecule has 0 bridgehead atoms. The highest BCUT2D eigenvalue weighted by Crippen LogP contribution is 2.22. The van der Waals surface area contributed by atoms with Crippen LogP contribution in [0.1, 0.15) is 10.5 Å². The maximum atomic E-state index is 10.6. The van der Waals surface area contributed by atoms with E-state index in [-0.39, 0.29) is 16.9 Å². The summed E-state index contributed by atoms with van der Waals surface area (Å²) in [5.74, 6) is -1.22. The van der Waals surface area contributed by atoms with Crippen molar-refractivity contribution in [2.75, 3.05) is 0 Å². The normalized spacial score (nSPS) is 10.4. The van der Waals surface area contributed by atoms with Gasteiger partial charge in [-0.15, -0.1) is 0 Å². The zero-order chi connectivity index (χ0) is 11.0. The van der Waals surface area contributed by atoms with Gasteiger partial charge in [-0.25, -0.2) is 9.78 Å². The Morgan fingerprint density at radius 1 is 1.53 bits per heavy atom. The molecule has 0 saturated heterocycles. The second-order valence-electron chi connectivity index (χ2n) is 2.83. The highest BCUT2D eigenvalue weighted by atomic mass is 16.6. The number of pyridine rings is 1. The number of nitro groups is 1. The summed E-state index contributed by atoms with van der Waals surface area (Å²) in [6.45, 7) is 0. The lowest BCUT2D eigenvalue weighted by molar-refractivity contribution is -0.383. The average molecular weight is 207 g/mol. The van der Waals surface area contributed by atoms with Crippen LogP contribution in [-0.4, -0.2) is 26.0 Å². The van der Waals surface area contributed by atoms with Gasteiger partial charge in [0, 0.05) is 0 Å². The van der Waals surface area contributed by atoms with E-state index in [9.17, 15) is 14.9 Å². The molecule has 7 nitrogen and oxygen atoms in total. The molecule has 2 N–H and O–H groups in total. The fourth-order valence-electron chi connectivity index (χ4n) is 1.24. The third kappa shape index (κ3) is 1.39. The van der Waals surface area contributed by atoms with Crippen molar-refractivity contribution < 1.29 is 14.8 Å². The minimum atomic E-state index is -1.22. The molecule has 0 aliphatic carbocycles. The highest BCUT2D eigenvalue weighted by Gasteiger charge is 2.17. The second-order valence-corrected chi connectivity index (χ2v) is 2.83. The molecule has 0 saturated carbocycles. The molecule has 2 aromatic heterocycles. The van der Waals surface area contributed by atoms with Gasteiger partial charge in [0.15, 0.2) is 5.52 Å². The molecular weight excluding hydrogens is 202 g/mol. The van der Waals surface area contributed by atoms with Gasteiger partial charge in [-0.1, -0.05) is 0 Å².